The summed E-state index contributed by atoms with van der Waals surface area (Å²) >= 11 is 0. The highest BCUT2D eigenvalue weighted by Gasteiger charge is 2.15. The number of aromatic nitrogens is 1. The standard InChI is InChI=1S/C24H16FNO3/c1-15-14-21(20-4-2-3-5-22(20)26-15)24(28)29-19-12-8-17(9-13-19)23(27)16-6-10-18(25)11-7-16/h2-14H,1H3. The smallest absolute Gasteiger partial charge is 0.344 e. The largest absolute Gasteiger partial charge is 0.423 e. The fraction of sp³-hybridized carbons (Fsp3) is 0.0417. The molecule has 0 saturated heterocycles. The van der Waals surface area contributed by atoms with Crippen LogP contribution in [0.3, 0.4) is 0 Å². The zero-order valence-electron chi connectivity index (χ0n) is 15.6. The van der Waals surface area contributed by atoms with Gasteiger partial charge in [0.15, 0.2) is 5.78 Å². The second-order valence-corrected chi connectivity index (χ2v) is 6.58. The molecule has 5 heteroatoms. The second-order valence-electron chi connectivity index (χ2n) is 6.58. The first-order valence-corrected chi connectivity index (χ1v) is 9.00. The number of pyridine rings is 1. The van der Waals surface area contributed by atoms with Crippen LogP contribution in [0.2, 0.25) is 0 Å². The number of ketones is 1. The molecule has 0 saturated carbocycles. The molecular formula is C24H16FNO3. The van der Waals surface area contributed by atoms with E-state index in [1.54, 1.807) is 30.3 Å². The number of esters is 1. The summed E-state index contributed by atoms with van der Waals surface area (Å²) in [5, 5.41) is 0.714. The van der Waals surface area contributed by atoms with E-state index in [1.807, 2.05) is 31.2 Å². The van der Waals surface area contributed by atoms with E-state index in [1.165, 1.54) is 24.3 Å². The summed E-state index contributed by atoms with van der Waals surface area (Å²) in [5.74, 6) is -0.810. The van der Waals surface area contributed by atoms with Crippen LogP contribution in [0.25, 0.3) is 10.9 Å². The number of ether oxygens (including phenoxy) is 1. The Labute approximate surface area is 166 Å². The Balaban J connectivity index is 1.56. The quantitative estimate of drug-likeness (QED) is 0.278. The van der Waals surface area contributed by atoms with E-state index in [0.717, 1.165) is 11.2 Å². The molecule has 3 aromatic carbocycles. The molecule has 0 bridgehead atoms. The van der Waals surface area contributed by atoms with Crippen molar-refractivity contribution in [2.45, 2.75) is 6.92 Å². The lowest BCUT2D eigenvalue weighted by atomic mass is 10.0. The molecule has 0 atom stereocenters. The van der Waals surface area contributed by atoms with Crippen molar-refractivity contribution in [3.63, 3.8) is 0 Å². The predicted octanol–water partition coefficient (Wildman–Crippen LogP) is 5.13. The third-order valence-corrected chi connectivity index (χ3v) is 4.50. The maximum Gasteiger partial charge on any atom is 0.344 e. The normalized spacial score (nSPS) is 10.7. The van der Waals surface area contributed by atoms with Crippen LogP contribution in [-0.2, 0) is 0 Å². The van der Waals surface area contributed by atoms with Crippen molar-refractivity contribution >= 4 is 22.7 Å². The van der Waals surface area contributed by atoms with Crippen molar-refractivity contribution in [2.24, 2.45) is 0 Å². The lowest BCUT2D eigenvalue weighted by molar-refractivity contribution is 0.0736. The number of hydrogen-bond acceptors (Lipinski definition) is 4. The SMILES string of the molecule is Cc1cc(C(=O)Oc2ccc(C(=O)c3ccc(F)cc3)cc2)c2ccccc2n1. The number of fused-ring (bicyclic) bond motifs is 1. The fourth-order valence-electron chi connectivity index (χ4n) is 3.08. The summed E-state index contributed by atoms with van der Waals surface area (Å²) in [6, 6.07) is 20.7. The van der Waals surface area contributed by atoms with Crippen LogP contribution in [-0.4, -0.2) is 16.7 Å². The van der Waals surface area contributed by atoms with Crippen molar-refractivity contribution in [3.05, 3.63) is 107 Å². The van der Waals surface area contributed by atoms with Gasteiger partial charge in [0.2, 0.25) is 0 Å². The third-order valence-electron chi connectivity index (χ3n) is 4.50. The Morgan fingerprint density at radius 2 is 1.48 bits per heavy atom. The number of halogens is 1. The topological polar surface area (TPSA) is 56.3 Å². The van der Waals surface area contributed by atoms with Crippen molar-refractivity contribution < 1.29 is 18.7 Å². The Morgan fingerprint density at radius 1 is 0.862 bits per heavy atom. The predicted molar refractivity (Wildman–Crippen MR) is 108 cm³/mol. The van der Waals surface area contributed by atoms with E-state index < -0.39 is 11.8 Å². The summed E-state index contributed by atoms with van der Waals surface area (Å²) in [6.45, 7) is 1.82. The minimum Gasteiger partial charge on any atom is -0.423 e. The zero-order valence-corrected chi connectivity index (χ0v) is 15.6. The number of benzene rings is 3. The van der Waals surface area contributed by atoms with Crippen LogP contribution in [0.5, 0.6) is 5.75 Å². The lowest BCUT2D eigenvalue weighted by Gasteiger charge is -2.09. The monoisotopic (exact) mass is 385 g/mol. The first-order valence-electron chi connectivity index (χ1n) is 9.00. The first-order chi connectivity index (χ1) is 14.0. The molecule has 0 spiro atoms. The molecule has 0 aliphatic carbocycles. The van der Waals surface area contributed by atoms with Gasteiger partial charge in [-0.15, -0.1) is 0 Å². The molecule has 4 rings (SSSR count). The van der Waals surface area contributed by atoms with Crippen LogP contribution < -0.4 is 4.74 Å². The summed E-state index contributed by atoms with van der Waals surface area (Å²) in [4.78, 5) is 29.6. The van der Waals surface area contributed by atoms with Gasteiger partial charge in [0, 0.05) is 22.2 Å². The first kappa shape index (κ1) is 18.5. The van der Waals surface area contributed by atoms with Crippen LogP contribution in [0.15, 0.2) is 78.9 Å². The van der Waals surface area contributed by atoms with E-state index >= 15 is 0 Å². The number of para-hydroxylation sites is 1. The van der Waals surface area contributed by atoms with E-state index in [4.69, 9.17) is 4.74 Å². The molecule has 29 heavy (non-hydrogen) atoms. The highest BCUT2D eigenvalue weighted by atomic mass is 19.1. The van der Waals surface area contributed by atoms with Gasteiger partial charge in [-0.25, -0.2) is 9.18 Å². The molecule has 0 amide bonds. The van der Waals surface area contributed by atoms with Gasteiger partial charge >= 0.3 is 5.97 Å². The molecule has 0 aliphatic rings. The van der Waals surface area contributed by atoms with Crippen LogP contribution >= 0.6 is 0 Å². The number of carbonyl (C=O) groups excluding carboxylic acids is 2. The van der Waals surface area contributed by atoms with Crippen LogP contribution in [0.4, 0.5) is 4.39 Å². The van der Waals surface area contributed by atoms with E-state index in [-0.39, 0.29) is 5.78 Å². The Bertz CT molecular complexity index is 1220. The van der Waals surface area contributed by atoms with Crippen molar-refractivity contribution in [1.29, 1.82) is 0 Å². The van der Waals surface area contributed by atoms with Gasteiger partial charge in [-0.2, -0.15) is 0 Å². The maximum atomic E-state index is 13.0. The van der Waals surface area contributed by atoms with E-state index in [9.17, 15) is 14.0 Å². The summed E-state index contributed by atoms with van der Waals surface area (Å²) in [5.41, 5.74) is 2.67. The molecule has 0 radical (unpaired) electrons. The lowest BCUT2D eigenvalue weighted by Crippen LogP contribution is -2.10. The molecular weight excluding hydrogens is 369 g/mol. The highest BCUT2D eigenvalue weighted by molar-refractivity contribution is 6.09. The average molecular weight is 385 g/mol. The molecule has 1 heterocycles. The van der Waals surface area contributed by atoms with Gasteiger partial charge in [0.25, 0.3) is 0 Å². The molecule has 1 aromatic heterocycles. The van der Waals surface area contributed by atoms with Crippen LogP contribution in [0, 0.1) is 12.7 Å². The highest BCUT2D eigenvalue weighted by Crippen LogP contribution is 2.22. The van der Waals surface area contributed by atoms with E-state index in [0.29, 0.717) is 27.8 Å². The van der Waals surface area contributed by atoms with Gasteiger partial charge < -0.3 is 4.74 Å². The summed E-state index contributed by atoms with van der Waals surface area (Å²) in [6.07, 6.45) is 0. The van der Waals surface area contributed by atoms with Crippen molar-refractivity contribution in [1.82, 2.24) is 4.98 Å². The van der Waals surface area contributed by atoms with Crippen molar-refractivity contribution in [2.75, 3.05) is 0 Å². The summed E-state index contributed by atoms with van der Waals surface area (Å²) in [7, 11) is 0. The average Bonchev–Trinajstić information content (AvgIpc) is 2.73. The molecule has 4 aromatic rings. The minimum atomic E-state index is -0.496. The molecule has 0 aliphatic heterocycles. The van der Waals surface area contributed by atoms with Crippen molar-refractivity contribution in [3.8, 4) is 5.75 Å². The van der Waals surface area contributed by atoms with Crippen LogP contribution in [0.1, 0.15) is 32.0 Å². The molecule has 0 N–H and O–H groups in total. The van der Waals surface area contributed by atoms with Gasteiger partial charge in [0.05, 0.1) is 11.1 Å². The van der Waals surface area contributed by atoms with Gasteiger partial charge in [-0.3, -0.25) is 9.78 Å². The second kappa shape index (κ2) is 7.64. The Kier molecular flexibility index (Phi) is 4.87. The number of rotatable bonds is 4. The molecule has 0 unspecified atom stereocenters. The van der Waals surface area contributed by atoms with Gasteiger partial charge in [0.1, 0.15) is 11.6 Å². The molecule has 142 valence electrons. The minimum absolute atomic E-state index is 0.237. The molecule has 0 fully saturated rings. The fourth-order valence-corrected chi connectivity index (χ4v) is 3.08. The van der Waals surface area contributed by atoms with E-state index in [2.05, 4.69) is 4.98 Å². The third kappa shape index (κ3) is 3.89. The summed E-state index contributed by atoms with van der Waals surface area (Å²) < 4.78 is 18.5. The number of nitrogens with zero attached hydrogens (tertiary/aromatic N) is 1. The Morgan fingerprint density at radius 3 is 2.17 bits per heavy atom. The molecule has 4 nitrogen and oxygen atoms in total. The van der Waals surface area contributed by atoms with Gasteiger partial charge in [-0.1, -0.05) is 18.2 Å². The maximum absolute atomic E-state index is 13.0. The Hall–Kier alpha value is -3.86. The van der Waals surface area contributed by atoms with Gasteiger partial charge in [-0.05, 0) is 67.6 Å². The number of carbonyl (C=O) groups is 2. The number of hydrogen-bond donors (Lipinski definition) is 0. The zero-order chi connectivity index (χ0) is 20.4. The number of aryl methyl sites for hydroxylation is 1.